The molecule has 3 unspecified atom stereocenters. The molecule has 4 rings (SSSR count). The lowest BCUT2D eigenvalue weighted by Crippen LogP contribution is -2.62. The van der Waals surface area contributed by atoms with Crippen molar-refractivity contribution in [1.82, 2.24) is 9.62 Å². The maximum Gasteiger partial charge on any atom is 0.410 e. The number of carbonyl (C=O) groups is 3. The number of ether oxygens (including phenoxy) is 3. The second-order valence-corrected chi connectivity index (χ2v) is 12.3. The third-order valence-corrected chi connectivity index (χ3v) is 8.28. The third kappa shape index (κ3) is 8.34. The van der Waals surface area contributed by atoms with Crippen LogP contribution in [-0.2, 0) is 42.1 Å². The molecule has 3 atom stereocenters. The minimum Gasteiger partial charge on any atom is -0.480 e. The molecule has 2 N–H and O–H groups in total. The maximum absolute atomic E-state index is 13.6. The molecule has 43 heavy (non-hydrogen) atoms. The van der Waals surface area contributed by atoms with Crippen molar-refractivity contribution in [1.29, 1.82) is 0 Å². The van der Waals surface area contributed by atoms with Crippen LogP contribution in [0.5, 0.6) is 5.75 Å². The molecule has 3 aromatic rings. The summed E-state index contributed by atoms with van der Waals surface area (Å²) in [5.74, 6) is -1.66. The van der Waals surface area contributed by atoms with Crippen LogP contribution in [0, 0.1) is 5.92 Å². The number of aliphatic carboxylic acids is 1. The molecule has 1 aliphatic rings. The van der Waals surface area contributed by atoms with Crippen LogP contribution in [0.25, 0.3) is 0 Å². The van der Waals surface area contributed by atoms with Crippen molar-refractivity contribution in [2.24, 2.45) is 5.92 Å². The Morgan fingerprint density at radius 1 is 0.977 bits per heavy atom. The second-order valence-electron chi connectivity index (χ2n) is 10.4. The molecule has 0 spiro atoms. The van der Waals surface area contributed by atoms with Gasteiger partial charge in [0.25, 0.3) is 0 Å². The lowest BCUT2D eigenvalue weighted by atomic mass is 9.87. The van der Waals surface area contributed by atoms with Crippen molar-refractivity contribution in [3.63, 3.8) is 0 Å². The van der Waals surface area contributed by atoms with E-state index in [0.29, 0.717) is 34.3 Å². The fourth-order valence-corrected chi connectivity index (χ4v) is 6.04. The lowest BCUT2D eigenvalue weighted by Gasteiger charge is -2.48. The molecule has 1 heterocycles. The first kappa shape index (κ1) is 32.0. The molecule has 12 heteroatoms. The molecule has 3 aromatic carbocycles. The van der Waals surface area contributed by atoms with E-state index in [-0.39, 0.29) is 6.42 Å². The number of carbonyl (C=O) groups excluding carboxylic acids is 2. The number of hydrogen-bond donors (Lipinski definition) is 2. The summed E-state index contributed by atoms with van der Waals surface area (Å²) in [7, 11) is -1.57. The van der Waals surface area contributed by atoms with Gasteiger partial charge in [0, 0.05) is 18.4 Å². The molecular weight excluding hydrogens is 596 g/mol. The second kappa shape index (κ2) is 14.0. The molecule has 1 saturated heterocycles. The van der Waals surface area contributed by atoms with Gasteiger partial charge in [-0.15, -0.1) is 0 Å². The van der Waals surface area contributed by atoms with E-state index in [1.165, 1.54) is 6.92 Å². The number of nitrogens with zero attached hydrogens (tertiary/aromatic N) is 1. The Kier molecular flexibility index (Phi) is 10.4. The Balaban J connectivity index is 1.42. The average molecular weight is 629 g/mol. The fraction of sp³-hybridized carbons (Fsp3) is 0.323. The van der Waals surface area contributed by atoms with Crippen LogP contribution >= 0.6 is 11.6 Å². The van der Waals surface area contributed by atoms with Gasteiger partial charge in [0.1, 0.15) is 22.8 Å². The topological polar surface area (TPSA) is 131 Å². The normalized spacial score (nSPS) is 16.3. The van der Waals surface area contributed by atoms with Crippen molar-refractivity contribution in [2.45, 2.75) is 50.0 Å². The minimum absolute atomic E-state index is 0.0958. The zero-order chi connectivity index (χ0) is 31.1. The highest BCUT2D eigenvalue weighted by atomic mass is 35.5. The number of carboxylic acid groups (broad SMARTS) is 1. The van der Waals surface area contributed by atoms with E-state index in [0.717, 1.165) is 5.56 Å². The molecule has 1 fully saturated rings. The van der Waals surface area contributed by atoms with Crippen LogP contribution < -0.4 is 10.1 Å². The molecule has 1 amide bonds. The fourth-order valence-electron chi connectivity index (χ4n) is 4.46. The number of hydrogen-bond acceptors (Lipinski definition) is 7. The molecule has 10 nitrogen and oxygen atoms in total. The van der Waals surface area contributed by atoms with Crippen molar-refractivity contribution in [3.8, 4) is 5.75 Å². The number of alkyl carbamates (subject to hydrolysis) is 1. The van der Waals surface area contributed by atoms with E-state index >= 15 is 0 Å². The van der Waals surface area contributed by atoms with Crippen molar-refractivity contribution >= 4 is 40.6 Å². The van der Waals surface area contributed by atoms with E-state index in [2.05, 4.69) is 5.32 Å². The van der Waals surface area contributed by atoms with E-state index in [9.17, 15) is 23.7 Å². The van der Waals surface area contributed by atoms with Crippen LogP contribution in [0.2, 0.25) is 5.02 Å². The van der Waals surface area contributed by atoms with Crippen molar-refractivity contribution in [2.75, 3.05) is 13.1 Å². The van der Waals surface area contributed by atoms with E-state index in [1.54, 1.807) is 60.6 Å². The Morgan fingerprint density at radius 2 is 1.67 bits per heavy atom. The van der Waals surface area contributed by atoms with Crippen LogP contribution in [0.15, 0.2) is 83.8 Å². The summed E-state index contributed by atoms with van der Waals surface area (Å²) in [5, 5.41) is 12.5. The SMILES string of the molecule is CC(OC(=O)NC(Cc1cccc(S(=O)N2CC(Oc3cccc(Cl)c3)(c3ccccc3)C2)c1)C(=O)O)OC(=O)C(C)C. The molecule has 0 radical (unpaired) electrons. The van der Waals surface area contributed by atoms with Crippen LogP contribution in [0.4, 0.5) is 4.79 Å². The number of esters is 1. The largest absolute Gasteiger partial charge is 0.480 e. The predicted molar refractivity (Wildman–Crippen MR) is 160 cm³/mol. The number of carboxylic acids is 1. The standard InChI is InChI=1S/C31H33ClN2O8S/c1-20(2)29(37)40-21(3)41-30(38)33-27(28(35)36)16-22-9-7-14-26(15-22)43(39)34-18-31(19-34,23-10-5-4-6-11-23)42-25-13-8-12-24(32)17-25/h4-15,17,20-21,27H,16,18-19H2,1-3H3,(H,33,38)(H,35,36). The highest BCUT2D eigenvalue weighted by Crippen LogP contribution is 2.39. The number of rotatable bonds is 12. The van der Waals surface area contributed by atoms with E-state index in [4.69, 9.17) is 25.8 Å². The Bertz CT molecular complexity index is 1480. The summed E-state index contributed by atoms with van der Waals surface area (Å²) in [6, 6.07) is 22.2. The zero-order valence-corrected chi connectivity index (χ0v) is 25.5. The van der Waals surface area contributed by atoms with E-state index in [1.807, 2.05) is 36.4 Å². The highest BCUT2D eigenvalue weighted by Gasteiger charge is 2.49. The van der Waals surface area contributed by atoms with E-state index < -0.39 is 52.9 Å². The highest BCUT2D eigenvalue weighted by molar-refractivity contribution is 7.82. The Labute approximate surface area is 257 Å². The quantitative estimate of drug-likeness (QED) is 0.213. The number of halogens is 1. The average Bonchev–Trinajstić information content (AvgIpc) is 2.94. The van der Waals surface area contributed by atoms with Crippen LogP contribution in [0.3, 0.4) is 0 Å². The van der Waals surface area contributed by atoms with Gasteiger partial charge in [0.05, 0.1) is 23.9 Å². The summed E-state index contributed by atoms with van der Waals surface area (Å²) in [4.78, 5) is 36.4. The van der Waals surface area contributed by atoms with Gasteiger partial charge >= 0.3 is 18.0 Å². The Hall–Kier alpha value is -3.93. The Morgan fingerprint density at radius 3 is 2.33 bits per heavy atom. The van der Waals surface area contributed by atoms with Gasteiger partial charge in [-0.2, -0.15) is 0 Å². The first-order valence-corrected chi connectivity index (χ1v) is 15.1. The first-order valence-electron chi connectivity index (χ1n) is 13.6. The molecule has 0 aromatic heterocycles. The van der Waals surface area contributed by atoms with Gasteiger partial charge in [0.2, 0.25) is 6.29 Å². The molecule has 0 saturated carbocycles. The van der Waals surface area contributed by atoms with Crippen molar-refractivity contribution < 1.29 is 37.9 Å². The monoisotopic (exact) mass is 628 g/mol. The number of benzene rings is 3. The summed E-state index contributed by atoms with van der Waals surface area (Å²) in [5.41, 5.74) is 0.744. The number of amides is 1. The summed E-state index contributed by atoms with van der Waals surface area (Å²) < 4.78 is 31.7. The molecule has 0 bridgehead atoms. The smallest absolute Gasteiger partial charge is 0.410 e. The third-order valence-electron chi connectivity index (χ3n) is 6.66. The van der Waals surface area contributed by atoms with Crippen LogP contribution in [0.1, 0.15) is 31.9 Å². The first-order chi connectivity index (χ1) is 20.5. The number of nitrogens with one attached hydrogen (secondary N) is 1. The van der Waals surface area contributed by atoms with Crippen molar-refractivity contribution in [3.05, 3.63) is 95.0 Å². The van der Waals surface area contributed by atoms with Gasteiger partial charge in [-0.25, -0.2) is 18.1 Å². The van der Waals surface area contributed by atoms with Gasteiger partial charge < -0.3 is 24.6 Å². The molecule has 228 valence electrons. The molecular formula is C31H33ClN2O8S. The zero-order valence-electron chi connectivity index (χ0n) is 23.9. The van der Waals surface area contributed by atoms with Gasteiger partial charge in [0.15, 0.2) is 5.60 Å². The van der Waals surface area contributed by atoms with Gasteiger partial charge in [-0.05, 0) is 41.5 Å². The summed E-state index contributed by atoms with van der Waals surface area (Å²) in [6.07, 6.45) is -2.34. The summed E-state index contributed by atoms with van der Waals surface area (Å²) >= 11 is 6.16. The minimum atomic E-state index is -1.57. The van der Waals surface area contributed by atoms with Gasteiger partial charge in [-0.3, -0.25) is 4.79 Å². The predicted octanol–water partition coefficient (Wildman–Crippen LogP) is 4.92. The van der Waals surface area contributed by atoms with Gasteiger partial charge in [-0.1, -0.05) is 74.0 Å². The lowest BCUT2D eigenvalue weighted by molar-refractivity contribution is -0.169. The maximum atomic E-state index is 13.6. The molecule has 0 aliphatic carbocycles. The van der Waals surface area contributed by atoms with Crippen LogP contribution in [-0.4, -0.2) is 57.1 Å². The summed E-state index contributed by atoms with van der Waals surface area (Å²) in [6.45, 7) is 5.30. The molecule has 1 aliphatic heterocycles.